The second-order valence-corrected chi connectivity index (χ2v) is 8.14. The molecule has 0 radical (unpaired) electrons. The van der Waals surface area contributed by atoms with Crippen LogP contribution in [0.5, 0.6) is 0 Å². The largest absolute Gasteiger partial charge is 0.389 e. The third kappa shape index (κ3) is 6.73. The fourth-order valence-electron chi connectivity index (χ4n) is 3.44. The molecule has 7 heteroatoms. The minimum Gasteiger partial charge on any atom is -0.389 e. The lowest BCUT2D eigenvalue weighted by atomic mass is 10.1. The van der Waals surface area contributed by atoms with Crippen LogP contribution in [0, 0.1) is 0 Å². The zero-order valence-corrected chi connectivity index (χ0v) is 18.9. The van der Waals surface area contributed by atoms with Crippen molar-refractivity contribution >= 4 is 11.6 Å². The van der Waals surface area contributed by atoms with Gasteiger partial charge in [0.1, 0.15) is 0 Å². The first kappa shape index (κ1) is 23.1. The van der Waals surface area contributed by atoms with Gasteiger partial charge in [0.2, 0.25) is 11.7 Å². The number of hydrogen-bond acceptors (Lipinski definition) is 6. The number of hydrogen-bond donors (Lipinski definition) is 2. The SMILES string of the molecule is O[C@H](CN[C@@H](Cc1ccccc1)c1nc(-c2ccccc2)no1)COCc1ccccc1Cl. The Morgan fingerprint density at radius 2 is 1.64 bits per heavy atom. The van der Waals surface area contributed by atoms with E-state index < -0.39 is 6.10 Å². The number of rotatable bonds is 11. The van der Waals surface area contributed by atoms with Gasteiger partial charge in [-0.2, -0.15) is 4.98 Å². The number of aliphatic hydroxyl groups excluding tert-OH is 1. The quantitative estimate of drug-likeness (QED) is 0.331. The van der Waals surface area contributed by atoms with E-state index in [1.807, 2.05) is 84.9 Å². The number of benzene rings is 3. The average Bonchev–Trinajstić information content (AvgIpc) is 3.34. The Hall–Kier alpha value is -3.03. The fraction of sp³-hybridized carbons (Fsp3) is 0.231. The monoisotopic (exact) mass is 463 g/mol. The van der Waals surface area contributed by atoms with Crippen molar-refractivity contribution < 1.29 is 14.4 Å². The Labute approximate surface area is 198 Å². The molecule has 1 heterocycles. The summed E-state index contributed by atoms with van der Waals surface area (Å²) in [6, 6.07) is 27.0. The molecule has 0 saturated heterocycles. The summed E-state index contributed by atoms with van der Waals surface area (Å²) in [7, 11) is 0. The van der Waals surface area contributed by atoms with Crippen LogP contribution in [-0.4, -0.2) is 34.5 Å². The van der Waals surface area contributed by atoms with Crippen molar-refractivity contribution in [2.24, 2.45) is 0 Å². The number of nitrogens with zero attached hydrogens (tertiary/aromatic N) is 2. The lowest BCUT2D eigenvalue weighted by Crippen LogP contribution is -2.34. The average molecular weight is 464 g/mol. The van der Waals surface area contributed by atoms with Crippen molar-refractivity contribution in [3.63, 3.8) is 0 Å². The van der Waals surface area contributed by atoms with Crippen molar-refractivity contribution in [3.05, 3.63) is 107 Å². The highest BCUT2D eigenvalue weighted by atomic mass is 35.5. The summed E-state index contributed by atoms with van der Waals surface area (Å²) in [5.41, 5.74) is 2.90. The van der Waals surface area contributed by atoms with Crippen LogP contribution >= 0.6 is 11.6 Å². The van der Waals surface area contributed by atoms with Crippen molar-refractivity contribution in [1.82, 2.24) is 15.5 Å². The van der Waals surface area contributed by atoms with Gasteiger partial charge >= 0.3 is 0 Å². The van der Waals surface area contributed by atoms with Gasteiger partial charge in [0.25, 0.3) is 0 Å². The molecule has 170 valence electrons. The smallest absolute Gasteiger partial charge is 0.244 e. The van der Waals surface area contributed by atoms with Gasteiger partial charge in [-0.25, -0.2) is 0 Å². The molecule has 0 fully saturated rings. The summed E-state index contributed by atoms with van der Waals surface area (Å²) in [4.78, 5) is 4.60. The molecule has 0 unspecified atom stereocenters. The molecule has 1 aromatic heterocycles. The van der Waals surface area contributed by atoms with Gasteiger partial charge < -0.3 is 19.7 Å². The molecule has 6 nitrogen and oxygen atoms in total. The normalized spacial score (nSPS) is 13.0. The van der Waals surface area contributed by atoms with Gasteiger partial charge in [-0.1, -0.05) is 95.6 Å². The lowest BCUT2D eigenvalue weighted by molar-refractivity contribution is 0.0271. The van der Waals surface area contributed by atoms with Crippen molar-refractivity contribution in [2.45, 2.75) is 25.2 Å². The van der Waals surface area contributed by atoms with Gasteiger partial charge in [-0.05, 0) is 23.6 Å². The molecule has 0 spiro atoms. The van der Waals surface area contributed by atoms with E-state index in [4.69, 9.17) is 20.9 Å². The van der Waals surface area contributed by atoms with Crippen LogP contribution in [0.4, 0.5) is 0 Å². The van der Waals surface area contributed by atoms with Gasteiger partial charge in [0.15, 0.2) is 0 Å². The van der Waals surface area contributed by atoms with E-state index in [-0.39, 0.29) is 12.6 Å². The molecule has 2 atom stereocenters. The summed E-state index contributed by atoms with van der Waals surface area (Å²) in [5, 5.41) is 18.6. The second-order valence-electron chi connectivity index (χ2n) is 7.73. The molecule has 0 aliphatic carbocycles. The molecule has 2 N–H and O–H groups in total. The molecule has 4 rings (SSSR count). The molecule has 0 saturated carbocycles. The fourth-order valence-corrected chi connectivity index (χ4v) is 3.63. The summed E-state index contributed by atoms with van der Waals surface area (Å²) < 4.78 is 11.2. The van der Waals surface area contributed by atoms with Crippen LogP contribution < -0.4 is 5.32 Å². The summed E-state index contributed by atoms with van der Waals surface area (Å²) in [6.45, 7) is 0.826. The molecule has 33 heavy (non-hydrogen) atoms. The lowest BCUT2D eigenvalue weighted by Gasteiger charge is -2.18. The van der Waals surface area contributed by atoms with E-state index in [9.17, 15) is 5.11 Å². The van der Waals surface area contributed by atoms with Crippen molar-refractivity contribution in [3.8, 4) is 11.4 Å². The molecule has 0 aliphatic rings. The standard InChI is InChI=1S/C26H26ClN3O3/c27-23-14-8-7-13-21(23)17-32-18-22(31)16-28-24(15-19-9-3-1-4-10-19)26-29-25(30-33-26)20-11-5-2-6-12-20/h1-14,22,24,28,31H,15-18H2/t22-,24+/m1/s1. The molecular weight excluding hydrogens is 438 g/mol. The highest BCUT2D eigenvalue weighted by Gasteiger charge is 2.21. The van der Waals surface area contributed by atoms with E-state index in [1.54, 1.807) is 0 Å². The van der Waals surface area contributed by atoms with Gasteiger partial charge in [0, 0.05) is 17.1 Å². The minimum atomic E-state index is -0.706. The summed E-state index contributed by atoms with van der Waals surface area (Å²) >= 11 is 6.16. The van der Waals surface area contributed by atoms with Crippen LogP contribution in [0.2, 0.25) is 5.02 Å². The van der Waals surface area contributed by atoms with Crippen LogP contribution in [0.1, 0.15) is 23.1 Å². The summed E-state index contributed by atoms with van der Waals surface area (Å²) in [5.74, 6) is 1.01. The Bertz CT molecular complexity index is 1120. The molecule has 3 aromatic carbocycles. The maximum Gasteiger partial charge on any atom is 0.244 e. The first-order valence-electron chi connectivity index (χ1n) is 10.8. The zero-order chi connectivity index (χ0) is 22.9. The van der Waals surface area contributed by atoms with Gasteiger partial charge in [-0.15, -0.1) is 0 Å². The number of ether oxygens (including phenoxy) is 1. The third-order valence-electron chi connectivity index (χ3n) is 5.18. The van der Waals surface area contributed by atoms with E-state index in [1.165, 1.54) is 0 Å². The van der Waals surface area contributed by atoms with E-state index in [2.05, 4.69) is 15.5 Å². The number of aromatic nitrogens is 2. The molecule has 4 aromatic rings. The van der Waals surface area contributed by atoms with Crippen molar-refractivity contribution in [2.75, 3.05) is 13.2 Å². The van der Waals surface area contributed by atoms with Crippen LogP contribution in [-0.2, 0) is 17.8 Å². The Balaban J connectivity index is 1.38. The van der Waals surface area contributed by atoms with E-state index in [0.717, 1.165) is 16.7 Å². The topological polar surface area (TPSA) is 80.4 Å². The maximum atomic E-state index is 10.5. The number of halogens is 1. The molecule has 0 aliphatic heterocycles. The van der Waals surface area contributed by atoms with Gasteiger partial charge in [0.05, 0.1) is 25.4 Å². The number of aliphatic hydroxyl groups is 1. The summed E-state index contributed by atoms with van der Waals surface area (Å²) in [6.07, 6.45) is -0.0629. The highest BCUT2D eigenvalue weighted by molar-refractivity contribution is 6.31. The third-order valence-corrected chi connectivity index (χ3v) is 5.55. The first-order valence-corrected chi connectivity index (χ1v) is 11.2. The predicted molar refractivity (Wildman–Crippen MR) is 128 cm³/mol. The van der Waals surface area contributed by atoms with Crippen LogP contribution in [0.25, 0.3) is 11.4 Å². The zero-order valence-electron chi connectivity index (χ0n) is 18.1. The van der Waals surface area contributed by atoms with Crippen molar-refractivity contribution in [1.29, 1.82) is 0 Å². The van der Waals surface area contributed by atoms with E-state index >= 15 is 0 Å². The Kier molecular flexibility index (Phi) is 8.22. The predicted octanol–water partition coefficient (Wildman–Crippen LogP) is 4.84. The highest BCUT2D eigenvalue weighted by Crippen LogP contribution is 2.21. The van der Waals surface area contributed by atoms with Crippen LogP contribution in [0.15, 0.2) is 89.5 Å². The maximum absolute atomic E-state index is 10.5. The molecular formula is C26H26ClN3O3. The van der Waals surface area contributed by atoms with Gasteiger partial charge in [-0.3, -0.25) is 0 Å². The first-order chi connectivity index (χ1) is 16.2. The molecule has 0 amide bonds. The minimum absolute atomic E-state index is 0.176. The Morgan fingerprint density at radius 1 is 0.939 bits per heavy atom. The van der Waals surface area contributed by atoms with E-state index in [0.29, 0.717) is 36.3 Å². The number of nitrogens with one attached hydrogen (secondary N) is 1. The Morgan fingerprint density at radius 3 is 2.39 bits per heavy atom. The van der Waals surface area contributed by atoms with Crippen LogP contribution in [0.3, 0.4) is 0 Å². The second kappa shape index (κ2) is 11.7. The molecule has 0 bridgehead atoms.